The monoisotopic (exact) mass is 440 g/mol. The maximum absolute atomic E-state index is 12.8. The van der Waals surface area contributed by atoms with Crippen molar-refractivity contribution in [2.45, 2.75) is 29.2 Å². The Kier molecular flexibility index (Phi) is 5.50. The highest BCUT2D eigenvalue weighted by atomic mass is 32.2. The molecule has 1 heterocycles. The maximum atomic E-state index is 12.8. The molecule has 150 valence electrons. The van der Waals surface area contributed by atoms with E-state index in [0.29, 0.717) is 22.2 Å². The van der Waals surface area contributed by atoms with E-state index in [1.807, 2.05) is 6.92 Å². The summed E-state index contributed by atoms with van der Waals surface area (Å²) in [5.74, 6) is 0. The van der Waals surface area contributed by atoms with Crippen molar-refractivity contribution in [2.24, 2.45) is 7.05 Å². The van der Waals surface area contributed by atoms with Gasteiger partial charge in [-0.1, -0.05) is 30.4 Å². The lowest BCUT2D eigenvalue weighted by Crippen LogP contribution is -2.28. The van der Waals surface area contributed by atoms with Crippen molar-refractivity contribution in [3.8, 4) is 0 Å². The molecule has 28 heavy (non-hydrogen) atoms. The van der Waals surface area contributed by atoms with Crippen molar-refractivity contribution in [3.05, 3.63) is 57.7 Å². The lowest BCUT2D eigenvalue weighted by molar-refractivity contribution is 0.550. The third kappa shape index (κ3) is 4.04. The molecule has 0 fully saturated rings. The summed E-state index contributed by atoms with van der Waals surface area (Å²) < 4.78 is 53.6. The molecule has 0 radical (unpaired) electrons. The number of thiazole rings is 1. The predicted octanol–water partition coefficient (Wildman–Crippen LogP) is 2.43. The van der Waals surface area contributed by atoms with E-state index in [2.05, 4.69) is 4.72 Å². The first-order valence-corrected chi connectivity index (χ1v) is 12.6. The van der Waals surface area contributed by atoms with Gasteiger partial charge in [0.2, 0.25) is 10.0 Å². The summed E-state index contributed by atoms with van der Waals surface area (Å²) in [6.07, 6.45) is 1.61. The van der Waals surface area contributed by atoms with Gasteiger partial charge in [-0.3, -0.25) is 4.79 Å². The number of fused-ring (bicyclic) bond motifs is 1. The summed E-state index contributed by atoms with van der Waals surface area (Å²) in [7, 11) is -5.50. The number of sulfonamides is 1. The lowest BCUT2D eigenvalue weighted by Gasteiger charge is -2.18. The van der Waals surface area contributed by atoms with Gasteiger partial charge in [0.1, 0.15) is 0 Å². The third-order valence-electron chi connectivity index (χ3n) is 4.49. The molecule has 0 aliphatic heterocycles. The fraction of sp³-hybridized carbons (Fsp3) is 0.278. The van der Waals surface area contributed by atoms with Crippen LogP contribution < -0.4 is 9.60 Å². The molecule has 0 amide bonds. The molecular formula is C18H20N2O5S3. The van der Waals surface area contributed by atoms with Crippen molar-refractivity contribution < 1.29 is 16.8 Å². The number of hydrogen-bond donors (Lipinski definition) is 1. The van der Waals surface area contributed by atoms with Gasteiger partial charge < -0.3 is 4.57 Å². The smallest absolute Gasteiger partial charge is 0.302 e. The second-order valence-corrected chi connectivity index (χ2v) is 11.2. The average molecular weight is 441 g/mol. The molecule has 0 saturated carbocycles. The van der Waals surface area contributed by atoms with E-state index in [-0.39, 0.29) is 14.7 Å². The molecule has 10 heteroatoms. The molecule has 3 aromatic rings. The van der Waals surface area contributed by atoms with Gasteiger partial charge in [-0.05, 0) is 42.3 Å². The number of hydrogen-bond acceptors (Lipinski definition) is 6. The highest BCUT2D eigenvalue weighted by Gasteiger charge is 2.22. The minimum Gasteiger partial charge on any atom is -0.302 e. The summed E-state index contributed by atoms with van der Waals surface area (Å²) in [6, 6.07) is 10.2. The number of nitrogens with zero attached hydrogens (tertiary/aromatic N) is 1. The Bertz CT molecular complexity index is 1290. The van der Waals surface area contributed by atoms with Gasteiger partial charge in [0, 0.05) is 19.3 Å². The average Bonchev–Trinajstić information content (AvgIpc) is 2.93. The van der Waals surface area contributed by atoms with E-state index in [0.717, 1.165) is 17.6 Å². The Balaban J connectivity index is 1.92. The second-order valence-electron chi connectivity index (χ2n) is 6.48. The van der Waals surface area contributed by atoms with Crippen molar-refractivity contribution in [3.63, 3.8) is 0 Å². The number of benzene rings is 2. The van der Waals surface area contributed by atoms with Gasteiger partial charge in [0.25, 0.3) is 0 Å². The van der Waals surface area contributed by atoms with Crippen LogP contribution in [0.3, 0.4) is 0 Å². The standard InChI is InChI=1S/C18H20N2O5S3/c1-4-15(12-5-7-13(8-6-12)27(3,22)23)19-28(24,25)14-9-10-16-17(11-14)26-18(21)20(16)2/h5-11,15,19H,4H2,1-3H3/t15-/m0/s1. The number of aromatic nitrogens is 1. The zero-order valence-corrected chi connectivity index (χ0v) is 18.0. The molecule has 7 nitrogen and oxygen atoms in total. The van der Waals surface area contributed by atoms with Crippen LogP contribution in [0.4, 0.5) is 0 Å². The van der Waals surface area contributed by atoms with E-state index >= 15 is 0 Å². The van der Waals surface area contributed by atoms with Gasteiger partial charge in [-0.25, -0.2) is 21.6 Å². The SMILES string of the molecule is CC[C@H](NS(=O)(=O)c1ccc2c(c1)sc(=O)n2C)c1ccc(S(C)(=O)=O)cc1. The van der Waals surface area contributed by atoms with E-state index in [4.69, 9.17) is 0 Å². The fourth-order valence-corrected chi connectivity index (χ4v) is 5.83. The molecule has 0 bridgehead atoms. The summed E-state index contributed by atoms with van der Waals surface area (Å²) in [4.78, 5) is 11.9. The van der Waals surface area contributed by atoms with Crippen LogP contribution in [0.15, 0.2) is 57.1 Å². The van der Waals surface area contributed by atoms with Crippen molar-refractivity contribution in [1.29, 1.82) is 0 Å². The van der Waals surface area contributed by atoms with Crippen molar-refractivity contribution >= 4 is 41.4 Å². The van der Waals surface area contributed by atoms with Crippen LogP contribution in [-0.4, -0.2) is 27.7 Å². The molecule has 2 aromatic carbocycles. The van der Waals surface area contributed by atoms with E-state index < -0.39 is 25.9 Å². The molecular weight excluding hydrogens is 420 g/mol. The van der Waals surface area contributed by atoms with Gasteiger partial charge in [-0.15, -0.1) is 0 Å². The number of rotatable bonds is 6. The van der Waals surface area contributed by atoms with Crippen LogP contribution in [0.25, 0.3) is 10.2 Å². The molecule has 1 N–H and O–H groups in total. The molecule has 3 rings (SSSR count). The van der Waals surface area contributed by atoms with E-state index in [1.54, 1.807) is 25.2 Å². The normalized spacial score (nSPS) is 13.7. The van der Waals surface area contributed by atoms with Gasteiger partial charge in [0.15, 0.2) is 9.84 Å². The second kappa shape index (κ2) is 7.43. The van der Waals surface area contributed by atoms with E-state index in [1.165, 1.54) is 28.8 Å². The number of nitrogens with one attached hydrogen (secondary N) is 1. The largest absolute Gasteiger partial charge is 0.307 e. The minimum absolute atomic E-state index is 0.0769. The molecule has 0 spiro atoms. The van der Waals surface area contributed by atoms with Crippen molar-refractivity contribution in [2.75, 3.05) is 6.26 Å². The summed E-state index contributed by atoms with van der Waals surface area (Å²) in [6.45, 7) is 1.84. The van der Waals surface area contributed by atoms with Crippen LogP contribution >= 0.6 is 11.3 Å². The maximum Gasteiger partial charge on any atom is 0.307 e. The first-order chi connectivity index (χ1) is 13.0. The topological polar surface area (TPSA) is 102 Å². The summed E-state index contributed by atoms with van der Waals surface area (Å²) >= 11 is 0.992. The third-order valence-corrected chi connectivity index (χ3v) is 8.08. The molecule has 1 aromatic heterocycles. The first kappa shape index (κ1) is 20.7. The Hall–Kier alpha value is -2.01. The Morgan fingerprint density at radius 3 is 2.21 bits per heavy atom. The number of sulfone groups is 1. The van der Waals surface area contributed by atoms with Crippen LogP contribution in [0.5, 0.6) is 0 Å². The van der Waals surface area contributed by atoms with E-state index in [9.17, 15) is 21.6 Å². The quantitative estimate of drug-likeness (QED) is 0.634. The lowest BCUT2D eigenvalue weighted by atomic mass is 10.1. The Morgan fingerprint density at radius 1 is 1.04 bits per heavy atom. The fourth-order valence-electron chi connectivity index (χ4n) is 2.87. The highest BCUT2D eigenvalue weighted by molar-refractivity contribution is 7.90. The van der Waals surface area contributed by atoms with Crippen LogP contribution in [0.1, 0.15) is 24.9 Å². The molecule has 0 aliphatic rings. The van der Waals surface area contributed by atoms with Crippen LogP contribution in [-0.2, 0) is 26.9 Å². The van der Waals surface area contributed by atoms with Gasteiger partial charge in [-0.2, -0.15) is 0 Å². The molecule has 1 atom stereocenters. The Labute approximate surface area is 167 Å². The van der Waals surface area contributed by atoms with Crippen LogP contribution in [0, 0.1) is 0 Å². The summed E-state index contributed by atoms with van der Waals surface area (Å²) in [5, 5.41) is 0. The molecule has 0 saturated heterocycles. The highest BCUT2D eigenvalue weighted by Crippen LogP contribution is 2.25. The zero-order valence-electron chi connectivity index (χ0n) is 15.5. The Morgan fingerprint density at radius 2 is 1.64 bits per heavy atom. The molecule has 0 unspecified atom stereocenters. The predicted molar refractivity (Wildman–Crippen MR) is 110 cm³/mol. The van der Waals surface area contributed by atoms with Gasteiger partial charge in [0.05, 0.1) is 20.0 Å². The van der Waals surface area contributed by atoms with Gasteiger partial charge >= 0.3 is 4.87 Å². The first-order valence-electron chi connectivity index (χ1n) is 8.45. The molecule has 0 aliphatic carbocycles. The minimum atomic E-state index is -3.83. The summed E-state index contributed by atoms with van der Waals surface area (Å²) in [5.41, 5.74) is 1.35. The number of aryl methyl sites for hydroxylation is 1. The van der Waals surface area contributed by atoms with Crippen molar-refractivity contribution in [1.82, 2.24) is 9.29 Å². The zero-order chi connectivity index (χ0) is 20.7. The van der Waals surface area contributed by atoms with Crippen LogP contribution in [0.2, 0.25) is 0 Å².